The fraction of sp³-hybridized carbons (Fsp3) is 0.600. The van der Waals surface area contributed by atoms with Crippen LogP contribution in [0.5, 0.6) is 0 Å². The third kappa shape index (κ3) is 2.56. The predicted molar refractivity (Wildman–Crippen MR) is 83.5 cm³/mol. The number of nitrogens with one attached hydrogen (secondary N) is 1. The molecule has 1 atom stereocenters. The maximum absolute atomic E-state index is 12.7. The van der Waals surface area contributed by atoms with Crippen LogP contribution in [0.1, 0.15) is 45.7 Å². The summed E-state index contributed by atoms with van der Waals surface area (Å²) in [5.74, 6) is 0. The molecule has 1 heterocycles. The smallest absolute Gasteiger partial charge is 0.240 e. The maximum Gasteiger partial charge on any atom is 0.240 e. The van der Waals surface area contributed by atoms with Gasteiger partial charge in [-0.1, -0.05) is 25.1 Å². The summed E-state index contributed by atoms with van der Waals surface area (Å²) < 4.78 is 26.3. The van der Waals surface area contributed by atoms with Gasteiger partial charge in [0.05, 0.1) is 10.4 Å². The Balaban J connectivity index is 2.47. The third-order valence-electron chi connectivity index (χ3n) is 3.72. The number of nitrogens with zero attached hydrogens (tertiary/aromatic N) is 1. The zero-order valence-electron chi connectivity index (χ0n) is 12.7. The Morgan fingerprint density at radius 2 is 1.95 bits per heavy atom. The summed E-state index contributed by atoms with van der Waals surface area (Å²) in [6.45, 7) is 8.74. The minimum atomic E-state index is -3.35. The standard InChI is InChI=1S/C15H24N2O2S/c1-5-16-13-10-11-17(20(18,19)15(2,3)4)14-9-7-6-8-12(13)14/h6-9,13,16H,5,10-11H2,1-4H3. The zero-order valence-corrected chi connectivity index (χ0v) is 13.5. The van der Waals surface area contributed by atoms with Crippen molar-refractivity contribution in [3.05, 3.63) is 29.8 Å². The number of rotatable bonds is 3. The molecule has 0 saturated carbocycles. The van der Waals surface area contributed by atoms with E-state index >= 15 is 0 Å². The molecule has 0 saturated heterocycles. The number of anilines is 1. The van der Waals surface area contributed by atoms with Gasteiger partial charge < -0.3 is 5.32 Å². The molecular formula is C15H24N2O2S. The molecule has 1 N–H and O–H groups in total. The van der Waals surface area contributed by atoms with Crippen molar-refractivity contribution >= 4 is 15.7 Å². The van der Waals surface area contributed by atoms with Crippen LogP contribution in [0.4, 0.5) is 5.69 Å². The molecule has 0 fully saturated rings. The van der Waals surface area contributed by atoms with Crippen LogP contribution in [0.25, 0.3) is 0 Å². The Hall–Kier alpha value is -1.07. The molecule has 0 aliphatic carbocycles. The van der Waals surface area contributed by atoms with Crippen molar-refractivity contribution in [3.63, 3.8) is 0 Å². The summed E-state index contributed by atoms with van der Waals surface area (Å²) in [5, 5.41) is 3.43. The predicted octanol–water partition coefficient (Wildman–Crippen LogP) is 2.68. The molecular weight excluding hydrogens is 272 g/mol. The van der Waals surface area contributed by atoms with Gasteiger partial charge in [-0.15, -0.1) is 0 Å². The highest BCUT2D eigenvalue weighted by Gasteiger charge is 2.39. The molecule has 1 aromatic carbocycles. The third-order valence-corrected chi connectivity index (χ3v) is 6.22. The number of para-hydroxylation sites is 1. The number of benzene rings is 1. The number of sulfonamides is 1. The van der Waals surface area contributed by atoms with E-state index < -0.39 is 14.8 Å². The number of hydrogen-bond donors (Lipinski definition) is 1. The first-order valence-electron chi connectivity index (χ1n) is 7.13. The molecule has 1 aliphatic rings. The summed E-state index contributed by atoms with van der Waals surface area (Å²) in [6.07, 6.45) is 0.806. The molecule has 5 heteroatoms. The molecule has 0 spiro atoms. The van der Waals surface area contributed by atoms with Gasteiger partial charge in [-0.05, 0) is 45.4 Å². The Labute approximate surface area is 122 Å². The van der Waals surface area contributed by atoms with E-state index in [1.54, 1.807) is 25.1 Å². The van der Waals surface area contributed by atoms with Gasteiger partial charge in [0.25, 0.3) is 0 Å². The van der Waals surface area contributed by atoms with Crippen LogP contribution in [0.15, 0.2) is 24.3 Å². The van der Waals surface area contributed by atoms with Gasteiger partial charge in [0.2, 0.25) is 10.0 Å². The van der Waals surface area contributed by atoms with Gasteiger partial charge >= 0.3 is 0 Å². The van der Waals surface area contributed by atoms with Crippen LogP contribution in [0.2, 0.25) is 0 Å². The van der Waals surface area contributed by atoms with Gasteiger partial charge in [-0.2, -0.15) is 0 Å². The van der Waals surface area contributed by atoms with Crippen LogP contribution in [0, 0.1) is 0 Å². The van der Waals surface area contributed by atoms with Crippen LogP contribution < -0.4 is 9.62 Å². The van der Waals surface area contributed by atoms with E-state index in [2.05, 4.69) is 12.2 Å². The van der Waals surface area contributed by atoms with Crippen LogP contribution in [-0.4, -0.2) is 26.3 Å². The Morgan fingerprint density at radius 1 is 1.30 bits per heavy atom. The van der Waals surface area contributed by atoms with Crippen molar-refractivity contribution in [1.29, 1.82) is 0 Å². The van der Waals surface area contributed by atoms with E-state index in [-0.39, 0.29) is 6.04 Å². The van der Waals surface area contributed by atoms with E-state index in [1.807, 2.05) is 24.3 Å². The molecule has 4 nitrogen and oxygen atoms in total. The minimum Gasteiger partial charge on any atom is -0.310 e. The zero-order chi connectivity index (χ0) is 15.0. The SMILES string of the molecule is CCNC1CCN(S(=O)(=O)C(C)(C)C)c2ccccc21. The summed E-state index contributed by atoms with van der Waals surface area (Å²) in [5.41, 5.74) is 1.90. The van der Waals surface area contributed by atoms with E-state index in [4.69, 9.17) is 0 Å². The second-order valence-electron chi connectivity index (χ2n) is 6.15. The summed E-state index contributed by atoms with van der Waals surface area (Å²) >= 11 is 0. The summed E-state index contributed by atoms with van der Waals surface area (Å²) in [6, 6.07) is 8.03. The summed E-state index contributed by atoms with van der Waals surface area (Å²) in [7, 11) is -3.35. The highest BCUT2D eigenvalue weighted by atomic mass is 32.2. The lowest BCUT2D eigenvalue weighted by Crippen LogP contribution is -2.47. The average molecular weight is 296 g/mol. The Bertz CT molecular complexity index is 576. The van der Waals surface area contributed by atoms with E-state index in [1.165, 1.54) is 0 Å². The molecule has 20 heavy (non-hydrogen) atoms. The normalized spacial score (nSPS) is 19.8. The van der Waals surface area contributed by atoms with Crippen molar-refractivity contribution in [2.45, 2.75) is 44.9 Å². The molecule has 2 rings (SSSR count). The number of hydrogen-bond acceptors (Lipinski definition) is 3. The first-order valence-corrected chi connectivity index (χ1v) is 8.57. The second kappa shape index (κ2) is 5.37. The van der Waals surface area contributed by atoms with E-state index in [0.29, 0.717) is 6.54 Å². The molecule has 0 radical (unpaired) electrons. The van der Waals surface area contributed by atoms with Gasteiger partial charge in [0.15, 0.2) is 0 Å². The molecule has 0 amide bonds. The second-order valence-corrected chi connectivity index (χ2v) is 8.76. The lowest BCUT2D eigenvalue weighted by atomic mass is 9.98. The molecule has 0 bridgehead atoms. The van der Waals surface area contributed by atoms with Gasteiger partial charge in [0, 0.05) is 12.6 Å². The minimum absolute atomic E-state index is 0.239. The Morgan fingerprint density at radius 3 is 2.55 bits per heavy atom. The topological polar surface area (TPSA) is 49.4 Å². The van der Waals surface area contributed by atoms with Crippen LogP contribution >= 0.6 is 0 Å². The first-order chi connectivity index (χ1) is 9.29. The van der Waals surface area contributed by atoms with Crippen molar-refractivity contribution in [3.8, 4) is 0 Å². The molecule has 112 valence electrons. The van der Waals surface area contributed by atoms with Gasteiger partial charge in [0.1, 0.15) is 0 Å². The molecule has 1 aliphatic heterocycles. The van der Waals surface area contributed by atoms with Crippen LogP contribution in [0.3, 0.4) is 0 Å². The quantitative estimate of drug-likeness (QED) is 0.933. The Kier molecular flexibility index (Phi) is 4.12. The monoisotopic (exact) mass is 296 g/mol. The molecule has 1 aromatic rings. The average Bonchev–Trinajstić information content (AvgIpc) is 2.38. The summed E-state index contributed by atoms with van der Waals surface area (Å²) in [4.78, 5) is 0. The van der Waals surface area contributed by atoms with Gasteiger partial charge in [-0.25, -0.2) is 8.42 Å². The van der Waals surface area contributed by atoms with Crippen molar-refractivity contribution < 1.29 is 8.42 Å². The van der Waals surface area contributed by atoms with Crippen molar-refractivity contribution in [2.24, 2.45) is 0 Å². The fourth-order valence-corrected chi connectivity index (χ4v) is 4.00. The fourth-order valence-electron chi connectivity index (χ4n) is 2.57. The lowest BCUT2D eigenvalue weighted by Gasteiger charge is -2.38. The van der Waals surface area contributed by atoms with Crippen LogP contribution in [-0.2, 0) is 10.0 Å². The maximum atomic E-state index is 12.7. The largest absolute Gasteiger partial charge is 0.310 e. The molecule has 1 unspecified atom stereocenters. The van der Waals surface area contributed by atoms with E-state index in [0.717, 1.165) is 24.2 Å². The molecule has 0 aromatic heterocycles. The van der Waals surface area contributed by atoms with Crippen molar-refractivity contribution in [1.82, 2.24) is 5.32 Å². The highest BCUT2D eigenvalue weighted by Crippen LogP contribution is 2.37. The lowest BCUT2D eigenvalue weighted by molar-refractivity contribution is 0.496. The van der Waals surface area contributed by atoms with Gasteiger partial charge in [-0.3, -0.25) is 4.31 Å². The van der Waals surface area contributed by atoms with Crippen molar-refractivity contribution in [2.75, 3.05) is 17.4 Å². The number of fused-ring (bicyclic) bond motifs is 1. The highest BCUT2D eigenvalue weighted by molar-refractivity contribution is 7.94. The van der Waals surface area contributed by atoms with E-state index in [9.17, 15) is 8.42 Å². The first kappa shape index (κ1) is 15.3.